The molecule has 2 rings (SSSR count). The zero-order valence-corrected chi connectivity index (χ0v) is 14.1. The smallest absolute Gasteiger partial charge is 0.103 e. The Kier molecular flexibility index (Phi) is 6.08. The molecule has 0 aromatic carbocycles. The lowest BCUT2D eigenvalue weighted by Crippen LogP contribution is -2.41. The van der Waals surface area contributed by atoms with Gasteiger partial charge in [-0.05, 0) is 84.0 Å². The molecule has 1 aliphatic carbocycles. The second-order valence-electron chi connectivity index (χ2n) is 7.55. The van der Waals surface area contributed by atoms with Gasteiger partial charge in [-0.3, -0.25) is 0 Å². The van der Waals surface area contributed by atoms with Gasteiger partial charge in [-0.15, -0.1) is 0 Å². The van der Waals surface area contributed by atoms with Gasteiger partial charge in [0.15, 0.2) is 0 Å². The Balaban J connectivity index is 1.62. The van der Waals surface area contributed by atoms with E-state index in [0.29, 0.717) is 0 Å². The van der Waals surface area contributed by atoms with E-state index < -0.39 is 0 Å². The third-order valence-corrected chi connectivity index (χ3v) is 6.03. The van der Waals surface area contributed by atoms with Crippen LogP contribution in [-0.4, -0.2) is 37.1 Å². The third kappa shape index (κ3) is 4.69. The number of rotatable bonds is 6. The first-order chi connectivity index (χ1) is 10.1. The standard InChI is InChI=1S/C18H33N3/c1-17(16-19,20-2)8-6-7-13-21-14-11-18(12-15-21)9-4-3-5-10-18/h20H,3-15H2,1-2H3. The summed E-state index contributed by atoms with van der Waals surface area (Å²) in [5.74, 6) is 0. The van der Waals surface area contributed by atoms with Crippen molar-refractivity contribution in [3.63, 3.8) is 0 Å². The van der Waals surface area contributed by atoms with Crippen molar-refractivity contribution in [2.24, 2.45) is 5.41 Å². The van der Waals surface area contributed by atoms with Gasteiger partial charge in [0.05, 0.1) is 6.07 Å². The first-order valence-electron chi connectivity index (χ1n) is 8.94. The van der Waals surface area contributed by atoms with Crippen LogP contribution in [0.5, 0.6) is 0 Å². The molecule has 0 bridgehead atoms. The summed E-state index contributed by atoms with van der Waals surface area (Å²) < 4.78 is 0. The van der Waals surface area contributed by atoms with Gasteiger partial charge in [-0.2, -0.15) is 5.26 Å². The summed E-state index contributed by atoms with van der Waals surface area (Å²) >= 11 is 0. The molecule has 0 radical (unpaired) electrons. The maximum Gasteiger partial charge on any atom is 0.103 e. The molecule has 2 aliphatic rings. The molecule has 120 valence electrons. The highest BCUT2D eigenvalue weighted by Crippen LogP contribution is 2.44. The van der Waals surface area contributed by atoms with Crippen LogP contribution < -0.4 is 5.32 Å². The lowest BCUT2D eigenvalue weighted by molar-refractivity contribution is 0.0668. The second kappa shape index (κ2) is 7.61. The molecule has 1 aliphatic heterocycles. The lowest BCUT2D eigenvalue weighted by atomic mass is 9.68. The van der Waals surface area contributed by atoms with E-state index in [4.69, 9.17) is 5.26 Å². The summed E-state index contributed by atoms with van der Waals surface area (Å²) in [4.78, 5) is 2.66. The molecular formula is C18H33N3. The molecule has 3 nitrogen and oxygen atoms in total. The van der Waals surface area contributed by atoms with Crippen LogP contribution in [0.25, 0.3) is 0 Å². The minimum absolute atomic E-state index is 0.339. The molecule has 3 heteroatoms. The SMILES string of the molecule is CNC(C)(C#N)CCCCN1CCC2(CCCCC2)CC1. The van der Waals surface area contributed by atoms with Crippen molar-refractivity contribution in [1.82, 2.24) is 10.2 Å². The molecule has 0 aromatic heterocycles. The van der Waals surface area contributed by atoms with Crippen LogP contribution in [0, 0.1) is 16.7 Å². The number of nitrogens with one attached hydrogen (secondary N) is 1. The number of nitriles is 1. The molecule has 1 saturated carbocycles. The average Bonchev–Trinajstić information content (AvgIpc) is 2.54. The van der Waals surface area contributed by atoms with Crippen molar-refractivity contribution < 1.29 is 0 Å². The van der Waals surface area contributed by atoms with Crippen LogP contribution in [0.3, 0.4) is 0 Å². The molecule has 1 saturated heterocycles. The van der Waals surface area contributed by atoms with Crippen LogP contribution in [-0.2, 0) is 0 Å². The van der Waals surface area contributed by atoms with Gasteiger partial charge in [0.2, 0.25) is 0 Å². The predicted molar refractivity (Wildman–Crippen MR) is 88.1 cm³/mol. The number of piperidine rings is 1. The molecule has 2 fully saturated rings. The summed E-state index contributed by atoms with van der Waals surface area (Å²) in [5.41, 5.74) is 0.383. The summed E-state index contributed by atoms with van der Waals surface area (Å²) in [6.45, 7) is 5.84. The molecule has 1 unspecified atom stereocenters. The van der Waals surface area contributed by atoms with E-state index in [1.165, 1.54) is 71.0 Å². The van der Waals surface area contributed by atoms with E-state index in [1.54, 1.807) is 0 Å². The predicted octanol–water partition coefficient (Wildman–Crippen LogP) is 3.70. The normalized spacial score (nSPS) is 25.4. The third-order valence-electron chi connectivity index (χ3n) is 6.03. The zero-order chi connectivity index (χ0) is 15.2. The molecule has 1 spiro atoms. The Morgan fingerprint density at radius 3 is 2.33 bits per heavy atom. The highest BCUT2D eigenvalue weighted by Gasteiger charge is 2.35. The van der Waals surface area contributed by atoms with Crippen LogP contribution in [0.15, 0.2) is 0 Å². The number of unbranched alkanes of at least 4 members (excludes halogenated alkanes) is 1. The second-order valence-corrected chi connectivity index (χ2v) is 7.55. The van der Waals surface area contributed by atoms with E-state index in [9.17, 15) is 0 Å². The Bertz CT molecular complexity index is 344. The summed E-state index contributed by atoms with van der Waals surface area (Å²) in [5, 5.41) is 12.3. The minimum Gasteiger partial charge on any atom is -0.303 e. The van der Waals surface area contributed by atoms with Crippen molar-refractivity contribution in [2.75, 3.05) is 26.7 Å². The van der Waals surface area contributed by atoms with Gasteiger partial charge in [0.25, 0.3) is 0 Å². The molecule has 21 heavy (non-hydrogen) atoms. The van der Waals surface area contributed by atoms with Crippen molar-refractivity contribution >= 4 is 0 Å². The van der Waals surface area contributed by atoms with Crippen LogP contribution in [0.1, 0.15) is 71.1 Å². The Morgan fingerprint density at radius 1 is 1.10 bits per heavy atom. The summed E-state index contributed by atoms with van der Waals surface area (Å²) in [6.07, 6.45) is 13.6. The Labute approximate surface area is 131 Å². The average molecular weight is 291 g/mol. The topological polar surface area (TPSA) is 39.1 Å². The minimum atomic E-state index is -0.339. The van der Waals surface area contributed by atoms with Gasteiger partial charge in [0.1, 0.15) is 5.54 Å². The number of nitrogens with zero attached hydrogens (tertiary/aromatic N) is 2. The van der Waals surface area contributed by atoms with Crippen molar-refractivity contribution in [3.8, 4) is 6.07 Å². The van der Waals surface area contributed by atoms with Crippen molar-refractivity contribution in [3.05, 3.63) is 0 Å². The van der Waals surface area contributed by atoms with Gasteiger partial charge in [-0.1, -0.05) is 19.3 Å². The van der Waals surface area contributed by atoms with Gasteiger partial charge in [0, 0.05) is 0 Å². The molecular weight excluding hydrogens is 258 g/mol. The van der Waals surface area contributed by atoms with Gasteiger partial charge < -0.3 is 10.2 Å². The van der Waals surface area contributed by atoms with Crippen LogP contribution in [0.2, 0.25) is 0 Å². The van der Waals surface area contributed by atoms with E-state index >= 15 is 0 Å². The molecule has 1 N–H and O–H groups in total. The van der Waals surface area contributed by atoms with Crippen molar-refractivity contribution in [1.29, 1.82) is 5.26 Å². The number of likely N-dealkylation sites (tertiary alicyclic amines) is 1. The maximum atomic E-state index is 9.15. The van der Waals surface area contributed by atoms with E-state index in [1.807, 2.05) is 14.0 Å². The van der Waals surface area contributed by atoms with Gasteiger partial charge >= 0.3 is 0 Å². The fourth-order valence-corrected chi connectivity index (χ4v) is 4.10. The first kappa shape index (κ1) is 16.8. The number of hydrogen-bond acceptors (Lipinski definition) is 3. The Morgan fingerprint density at radius 2 is 1.76 bits per heavy atom. The number of hydrogen-bond donors (Lipinski definition) is 1. The lowest BCUT2D eigenvalue weighted by Gasteiger charge is -2.44. The first-order valence-corrected chi connectivity index (χ1v) is 8.94. The molecule has 0 aromatic rings. The van der Waals surface area contributed by atoms with E-state index in [0.717, 1.165) is 18.3 Å². The van der Waals surface area contributed by atoms with E-state index in [-0.39, 0.29) is 5.54 Å². The quantitative estimate of drug-likeness (QED) is 0.758. The highest BCUT2D eigenvalue weighted by atomic mass is 15.1. The molecule has 1 heterocycles. The monoisotopic (exact) mass is 291 g/mol. The fourth-order valence-electron chi connectivity index (χ4n) is 4.10. The summed E-state index contributed by atoms with van der Waals surface area (Å²) in [7, 11) is 1.89. The fraction of sp³-hybridized carbons (Fsp3) is 0.944. The van der Waals surface area contributed by atoms with Gasteiger partial charge in [-0.25, -0.2) is 0 Å². The Hall–Kier alpha value is -0.590. The van der Waals surface area contributed by atoms with Crippen LogP contribution >= 0.6 is 0 Å². The molecule has 0 amide bonds. The van der Waals surface area contributed by atoms with Crippen molar-refractivity contribution in [2.45, 2.75) is 76.7 Å². The largest absolute Gasteiger partial charge is 0.303 e. The highest BCUT2D eigenvalue weighted by molar-refractivity contribution is 5.02. The van der Waals surface area contributed by atoms with Crippen LogP contribution in [0.4, 0.5) is 0 Å². The van der Waals surface area contributed by atoms with E-state index in [2.05, 4.69) is 16.3 Å². The molecule has 1 atom stereocenters. The zero-order valence-electron chi connectivity index (χ0n) is 14.1. The summed E-state index contributed by atoms with van der Waals surface area (Å²) in [6, 6.07) is 2.38. The maximum absolute atomic E-state index is 9.15.